The molecule has 0 radical (unpaired) electrons. The van der Waals surface area contributed by atoms with Crippen molar-refractivity contribution in [2.45, 2.75) is 53.2 Å². The van der Waals surface area contributed by atoms with E-state index in [1.807, 2.05) is 36.4 Å². The van der Waals surface area contributed by atoms with Crippen molar-refractivity contribution in [1.82, 2.24) is 5.32 Å². The van der Waals surface area contributed by atoms with Crippen LogP contribution in [0.5, 0.6) is 5.75 Å². The Morgan fingerprint density at radius 3 is 2.67 bits per heavy atom. The molecule has 1 aliphatic rings. The lowest BCUT2D eigenvalue weighted by molar-refractivity contribution is 0.0947. The van der Waals surface area contributed by atoms with Gasteiger partial charge in [-0.2, -0.15) is 0 Å². The van der Waals surface area contributed by atoms with Crippen molar-refractivity contribution in [3.63, 3.8) is 0 Å². The van der Waals surface area contributed by atoms with Gasteiger partial charge in [0, 0.05) is 16.7 Å². The van der Waals surface area contributed by atoms with E-state index in [2.05, 4.69) is 26.1 Å². The number of amides is 1. The minimum Gasteiger partial charge on any atom is -0.489 e. The summed E-state index contributed by atoms with van der Waals surface area (Å²) in [7, 11) is 0. The van der Waals surface area contributed by atoms with Gasteiger partial charge in [0.25, 0.3) is 5.91 Å². The van der Waals surface area contributed by atoms with Gasteiger partial charge in [-0.05, 0) is 84.2 Å². The van der Waals surface area contributed by atoms with Crippen LogP contribution < -0.4 is 10.1 Å². The van der Waals surface area contributed by atoms with E-state index < -0.39 is 0 Å². The first kappa shape index (κ1) is 26.9. The van der Waals surface area contributed by atoms with Crippen LogP contribution in [0, 0.1) is 17.2 Å². The van der Waals surface area contributed by atoms with E-state index in [0.29, 0.717) is 35.1 Å². The summed E-state index contributed by atoms with van der Waals surface area (Å²) >= 11 is 1.62. The van der Waals surface area contributed by atoms with Crippen LogP contribution in [0.4, 0.5) is 9.39 Å². The number of fused-ring (bicyclic) bond motifs is 1. The summed E-state index contributed by atoms with van der Waals surface area (Å²) in [5, 5.41) is 3.74. The van der Waals surface area contributed by atoms with Crippen molar-refractivity contribution < 1.29 is 18.3 Å². The van der Waals surface area contributed by atoms with Crippen LogP contribution >= 0.6 is 11.3 Å². The van der Waals surface area contributed by atoms with Crippen LogP contribution in [0.2, 0.25) is 0 Å². The number of benzene rings is 2. The summed E-state index contributed by atoms with van der Waals surface area (Å²) < 4.78 is 25.0. The van der Waals surface area contributed by atoms with Gasteiger partial charge in [0.2, 0.25) is 0 Å². The van der Waals surface area contributed by atoms with Crippen molar-refractivity contribution in [3.05, 3.63) is 106 Å². The number of carbonyl (C=O) groups excluding carboxylic acids is 1. The Bertz CT molecular complexity index is 1450. The second-order valence-corrected chi connectivity index (χ2v) is 12.0. The lowest BCUT2D eigenvalue weighted by Crippen LogP contribution is -2.28. The van der Waals surface area contributed by atoms with Crippen molar-refractivity contribution in [1.29, 1.82) is 0 Å². The molecular formula is C32H33FN2O3S. The molecule has 0 unspecified atom stereocenters. The standard InChI is InChI=1S/C32H33FN2O3S/c1-32(2,3)23-12-15-26-28(17-23)39-31(29(26)30(36)34-19-25-8-6-16-37-25)35-18-21-10-13-24(14-11-21)38-20-22-7-4-5-9-27(22)33/h4-11,13-14,16,18,23H,12,15,17,19-20H2,1-3H3,(H,34,36)/t23-/m1/s1. The first-order valence-electron chi connectivity index (χ1n) is 13.2. The van der Waals surface area contributed by atoms with E-state index >= 15 is 0 Å². The van der Waals surface area contributed by atoms with Gasteiger partial charge in [-0.15, -0.1) is 11.3 Å². The number of halogens is 1. The molecule has 0 spiro atoms. The minimum atomic E-state index is -0.280. The maximum absolute atomic E-state index is 13.9. The molecule has 0 saturated heterocycles. The van der Waals surface area contributed by atoms with Crippen LogP contribution in [0.3, 0.4) is 0 Å². The van der Waals surface area contributed by atoms with Gasteiger partial charge in [0.1, 0.15) is 28.9 Å². The Hall–Kier alpha value is -3.71. The third-order valence-corrected chi connectivity index (χ3v) is 8.43. The highest BCUT2D eigenvalue weighted by Gasteiger charge is 2.33. The number of rotatable bonds is 8. The monoisotopic (exact) mass is 544 g/mol. The normalized spacial score (nSPS) is 15.3. The van der Waals surface area contributed by atoms with E-state index in [1.54, 1.807) is 42.0 Å². The Morgan fingerprint density at radius 2 is 1.95 bits per heavy atom. The summed E-state index contributed by atoms with van der Waals surface area (Å²) in [5.74, 6) is 1.52. The number of thiophene rings is 1. The molecule has 0 fully saturated rings. The van der Waals surface area contributed by atoms with Gasteiger partial charge in [0.15, 0.2) is 0 Å². The summed E-state index contributed by atoms with van der Waals surface area (Å²) in [4.78, 5) is 19.4. The van der Waals surface area contributed by atoms with Gasteiger partial charge in [-0.3, -0.25) is 4.79 Å². The zero-order chi connectivity index (χ0) is 27.4. The summed E-state index contributed by atoms with van der Waals surface area (Å²) in [6, 6.07) is 17.7. The molecule has 2 heterocycles. The first-order valence-corrected chi connectivity index (χ1v) is 14.0. The molecule has 5 nitrogen and oxygen atoms in total. The Balaban J connectivity index is 1.34. The Kier molecular flexibility index (Phi) is 7.98. The smallest absolute Gasteiger partial charge is 0.255 e. The fourth-order valence-corrected chi connectivity index (χ4v) is 6.13. The predicted molar refractivity (Wildman–Crippen MR) is 154 cm³/mol. The molecule has 1 atom stereocenters. The molecule has 2 aromatic heterocycles. The highest BCUT2D eigenvalue weighted by Crippen LogP contribution is 2.45. The average Bonchev–Trinajstić information content (AvgIpc) is 3.57. The molecule has 1 aliphatic carbocycles. The summed E-state index contributed by atoms with van der Waals surface area (Å²) in [5.41, 5.74) is 3.41. The van der Waals surface area contributed by atoms with E-state index in [9.17, 15) is 9.18 Å². The van der Waals surface area contributed by atoms with Crippen LogP contribution in [0.25, 0.3) is 0 Å². The van der Waals surface area contributed by atoms with Crippen molar-refractivity contribution in [3.8, 4) is 5.75 Å². The quantitative estimate of drug-likeness (QED) is 0.229. The number of aliphatic imine (C=N–C) groups is 1. The van der Waals surface area contributed by atoms with Crippen LogP contribution in [-0.4, -0.2) is 12.1 Å². The summed E-state index contributed by atoms with van der Waals surface area (Å²) in [6.07, 6.45) is 6.28. The minimum absolute atomic E-state index is 0.123. The van der Waals surface area contributed by atoms with Crippen LogP contribution in [-0.2, 0) is 26.0 Å². The molecule has 7 heteroatoms. The molecule has 0 bridgehead atoms. The second kappa shape index (κ2) is 11.6. The number of carbonyl (C=O) groups is 1. The van der Waals surface area contributed by atoms with E-state index in [-0.39, 0.29) is 23.7 Å². The molecule has 2 aromatic carbocycles. The summed E-state index contributed by atoms with van der Waals surface area (Å²) in [6.45, 7) is 7.35. The van der Waals surface area contributed by atoms with Crippen LogP contribution in [0.15, 0.2) is 76.3 Å². The maximum Gasteiger partial charge on any atom is 0.255 e. The number of nitrogens with zero attached hydrogens (tertiary/aromatic N) is 1. The zero-order valence-corrected chi connectivity index (χ0v) is 23.3. The SMILES string of the molecule is CC(C)(C)[C@@H]1CCc2c(sc(N=Cc3ccc(OCc4ccccc4F)cc3)c2C(=O)NCc2ccco2)C1. The highest BCUT2D eigenvalue weighted by atomic mass is 32.1. The van der Waals surface area contributed by atoms with E-state index in [1.165, 1.54) is 10.9 Å². The number of hydrogen-bond acceptors (Lipinski definition) is 5. The average molecular weight is 545 g/mol. The lowest BCUT2D eigenvalue weighted by atomic mass is 9.72. The number of ether oxygens (including phenoxy) is 1. The largest absolute Gasteiger partial charge is 0.489 e. The lowest BCUT2D eigenvalue weighted by Gasteiger charge is -2.33. The number of furan rings is 1. The third-order valence-electron chi connectivity index (χ3n) is 7.26. The molecule has 39 heavy (non-hydrogen) atoms. The molecule has 5 rings (SSSR count). The second-order valence-electron chi connectivity index (χ2n) is 11.0. The molecule has 0 saturated carbocycles. The molecule has 4 aromatic rings. The maximum atomic E-state index is 13.9. The number of hydrogen-bond donors (Lipinski definition) is 1. The Labute approximate surface area is 232 Å². The van der Waals surface area contributed by atoms with Crippen molar-refractivity contribution >= 4 is 28.5 Å². The van der Waals surface area contributed by atoms with Gasteiger partial charge >= 0.3 is 0 Å². The fourth-order valence-electron chi connectivity index (χ4n) is 4.86. The van der Waals surface area contributed by atoms with E-state index in [4.69, 9.17) is 14.1 Å². The van der Waals surface area contributed by atoms with E-state index in [0.717, 1.165) is 35.4 Å². The molecule has 0 aliphatic heterocycles. The highest BCUT2D eigenvalue weighted by molar-refractivity contribution is 7.16. The van der Waals surface area contributed by atoms with Gasteiger partial charge in [-0.1, -0.05) is 39.0 Å². The van der Waals surface area contributed by atoms with Gasteiger partial charge in [0.05, 0.1) is 18.4 Å². The van der Waals surface area contributed by atoms with Crippen molar-refractivity contribution in [2.75, 3.05) is 0 Å². The molecule has 202 valence electrons. The zero-order valence-electron chi connectivity index (χ0n) is 22.5. The topological polar surface area (TPSA) is 63.8 Å². The predicted octanol–water partition coefficient (Wildman–Crippen LogP) is 7.89. The number of nitrogens with one attached hydrogen (secondary N) is 1. The molecular weight excluding hydrogens is 511 g/mol. The van der Waals surface area contributed by atoms with Crippen LogP contribution in [0.1, 0.15) is 64.9 Å². The Morgan fingerprint density at radius 1 is 1.15 bits per heavy atom. The van der Waals surface area contributed by atoms with Gasteiger partial charge in [-0.25, -0.2) is 9.38 Å². The molecule has 1 amide bonds. The first-order chi connectivity index (χ1) is 18.8. The van der Waals surface area contributed by atoms with Crippen molar-refractivity contribution in [2.24, 2.45) is 16.3 Å². The van der Waals surface area contributed by atoms with Gasteiger partial charge < -0.3 is 14.5 Å². The fraction of sp³-hybridized carbons (Fsp3) is 0.312. The third kappa shape index (κ3) is 6.48. The molecule has 1 N–H and O–H groups in total.